The normalized spacial score (nSPS) is 36.0. The van der Waals surface area contributed by atoms with Crippen LogP contribution >= 0.6 is 0 Å². The molecule has 100 valence electrons. The van der Waals surface area contributed by atoms with E-state index in [1.165, 1.54) is 32.1 Å². The Labute approximate surface area is 105 Å². The summed E-state index contributed by atoms with van der Waals surface area (Å²) in [6.07, 6.45) is 6.41. The SMILES string of the molecule is CCC1CCC(CN)(NN2CCOCC2)CC1. The van der Waals surface area contributed by atoms with Crippen molar-refractivity contribution < 1.29 is 4.74 Å². The molecular weight excluding hydrogens is 214 g/mol. The van der Waals surface area contributed by atoms with Crippen LogP contribution in [-0.2, 0) is 4.74 Å². The fraction of sp³-hybridized carbons (Fsp3) is 1.00. The van der Waals surface area contributed by atoms with Gasteiger partial charge in [-0.15, -0.1) is 0 Å². The summed E-state index contributed by atoms with van der Waals surface area (Å²) in [5, 5.41) is 2.31. The van der Waals surface area contributed by atoms with Gasteiger partial charge in [0.25, 0.3) is 0 Å². The fourth-order valence-corrected chi connectivity index (χ4v) is 3.01. The first kappa shape index (κ1) is 13.3. The maximum atomic E-state index is 6.02. The largest absolute Gasteiger partial charge is 0.379 e. The van der Waals surface area contributed by atoms with Gasteiger partial charge in [-0.25, -0.2) is 10.4 Å². The van der Waals surface area contributed by atoms with Gasteiger partial charge in [-0.05, 0) is 31.6 Å². The fourth-order valence-electron chi connectivity index (χ4n) is 3.01. The zero-order chi connectivity index (χ0) is 12.1. The molecule has 0 aromatic rings. The number of ether oxygens (including phenoxy) is 1. The molecule has 2 fully saturated rings. The van der Waals surface area contributed by atoms with Gasteiger partial charge in [-0.1, -0.05) is 13.3 Å². The lowest BCUT2D eigenvalue weighted by atomic mass is 9.76. The quantitative estimate of drug-likeness (QED) is 0.774. The monoisotopic (exact) mass is 241 g/mol. The Bertz CT molecular complexity index is 221. The minimum absolute atomic E-state index is 0.156. The molecule has 1 heterocycles. The number of rotatable bonds is 4. The Morgan fingerprint density at radius 3 is 2.47 bits per heavy atom. The van der Waals surface area contributed by atoms with Crippen molar-refractivity contribution in [3.63, 3.8) is 0 Å². The minimum Gasteiger partial charge on any atom is -0.379 e. The first-order valence-corrected chi connectivity index (χ1v) is 7.08. The molecule has 2 rings (SSSR count). The van der Waals surface area contributed by atoms with Gasteiger partial charge >= 0.3 is 0 Å². The van der Waals surface area contributed by atoms with E-state index in [4.69, 9.17) is 10.5 Å². The number of nitrogens with two attached hydrogens (primary N) is 1. The Hall–Kier alpha value is -0.160. The van der Waals surface area contributed by atoms with Crippen molar-refractivity contribution >= 4 is 0 Å². The Morgan fingerprint density at radius 1 is 1.29 bits per heavy atom. The molecule has 0 radical (unpaired) electrons. The minimum atomic E-state index is 0.156. The second kappa shape index (κ2) is 6.14. The highest BCUT2D eigenvalue weighted by Crippen LogP contribution is 2.33. The van der Waals surface area contributed by atoms with Gasteiger partial charge in [0.05, 0.1) is 13.2 Å². The molecule has 2 aliphatic rings. The van der Waals surface area contributed by atoms with E-state index >= 15 is 0 Å². The summed E-state index contributed by atoms with van der Waals surface area (Å²) in [5.74, 6) is 0.918. The van der Waals surface area contributed by atoms with Crippen molar-refractivity contribution in [2.24, 2.45) is 11.7 Å². The summed E-state index contributed by atoms with van der Waals surface area (Å²) in [7, 11) is 0. The van der Waals surface area contributed by atoms with Gasteiger partial charge in [0, 0.05) is 25.2 Å². The van der Waals surface area contributed by atoms with Gasteiger partial charge in [0.2, 0.25) is 0 Å². The van der Waals surface area contributed by atoms with Crippen molar-refractivity contribution in [1.82, 2.24) is 10.4 Å². The van der Waals surface area contributed by atoms with E-state index in [9.17, 15) is 0 Å². The van der Waals surface area contributed by atoms with Gasteiger partial charge in [0.1, 0.15) is 0 Å². The van der Waals surface area contributed by atoms with Crippen LogP contribution in [0.1, 0.15) is 39.0 Å². The molecule has 0 amide bonds. The Balaban J connectivity index is 1.86. The second-order valence-corrected chi connectivity index (χ2v) is 5.55. The highest BCUT2D eigenvalue weighted by atomic mass is 16.5. The standard InChI is InChI=1S/C13H27N3O/c1-2-12-3-5-13(11-14,6-4-12)15-16-7-9-17-10-8-16/h12,15H,2-11,14H2,1H3. The lowest BCUT2D eigenvalue weighted by molar-refractivity contribution is -0.0214. The smallest absolute Gasteiger partial charge is 0.0608 e. The first-order valence-electron chi connectivity index (χ1n) is 7.08. The molecule has 17 heavy (non-hydrogen) atoms. The number of hydrogen-bond acceptors (Lipinski definition) is 4. The van der Waals surface area contributed by atoms with E-state index in [0.29, 0.717) is 0 Å². The zero-order valence-corrected chi connectivity index (χ0v) is 11.1. The first-order chi connectivity index (χ1) is 8.28. The van der Waals surface area contributed by atoms with Crippen LogP contribution in [-0.4, -0.2) is 43.4 Å². The summed E-state index contributed by atoms with van der Waals surface area (Å²) in [6, 6.07) is 0. The number of nitrogens with one attached hydrogen (secondary N) is 1. The molecule has 0 bridgehead atoms. The molecule has 4 nitrogen and oxygen atoms in total. The molecule has 0 unspecified atom stereocenters. The number of hydrogen-bond donors (Lipinski definition) is 2. The van der Waals surface area contributed by atoms with Crippen molar-refractivity contribution in [3.05, 3.63) is 0 Å². The van der Waals surface area contributed by atoms with Crippen LogP contribution in [0.5, 0.6) is 0 Å². The lowest BCUT2D eigenvalue weighted by Gasteiger charge is -2.44. The molecule has 0 aromatic heterocycles. The number of hydrazine groups is 1. The Morgan fingerprint density at radius 2 is 1.94 bits per heavy atom. The lowest BCUT2D eigenvalue weighted by Crippen LogP contribution is -2.61. The summed E-state index contributed by atoms with van der Waals surface area (Å²) >= 11 is 0. The van der Waals surface area contributed by atoms with E-state index < -0.39 is 0 Å². The predicted molar refractivity (Wildman–Crippen MR) is 69.6 cm³/mol. The molecule has 3 N–H and O–H groups in total. The van der Waals surface area contributed by atoms with Crippen LogP contribution in [0.25, 0.3) is 0 Å². The predicted octanol–water partition coefficient (Wildman–Crippen LogP) is 1.12. The van der Waals surface area contributed by atoms with Crippen molar-refractivity contribution in [3.8, 4) is 0 Å². The maximum Gasteiger partial charge on any atom is 0.0608 e. The maximum absolute atomic E-state index is 6.02. The van der Waals surface area contributed by atoms with E-state index in [1.54, 1.807) is 0 Å². The van der Waals surface area contributed by atoms with Crippen LogP contribution in [0, 0.1) is 5.92 Å². The van der Waals surface area contributed by atoms with Crippen LogP contribution in [0.15, 0.2) is 0 Å². The van der Waals surface area contributed by atoms with Gasteiger partial charge in [-0.2, -0.15) is 0 Å². The number of nitrogens with zero attached hydrogens (tertiary/aromatic N) is 1. The van der Waals surface area contributed by atoms with Crippen LogP contribution in [0.4, 0.5) is 0 Å². The topological polar surface area (TPSA) is 50.5 Å². The van der Waals surface area contributed by atoms with Crippen LogP contribution in [0.3, 0.4) is 0 Å². The van der Waals surface area contributed by atoms with Crippen molar-refractivity contribution in [2.75, 3.05) is 32.8 Å². The average Bonchev–Trinajstić information content (AvgIpc) is 2.41. The van der Waals surface area contributed by atoms with Gasteiger partial charge in [0.15, 0.2) is 0 Å². The number of morpholine rings is 1. The highest BCUT2D eigenvalue weighted by molar-refractivity contribution is 4.93. The van der Waals surface area contributed by atoms with E-state index in [1.807, 2.05) is 0 Å². The summed E-state index contributed by atoms with van der Waals surface area (Å²) in [5.41, 5.74) is 9.87. The van der Waals surface area contributed by atoms with Crippen LogP contribution < -0.4 is 11.2 Å². The Kier molecular flexibility index (Phi) is 4.79. The molecule has 0 aromatic carbocycles. The third kappa shape index (κ3) is 3.41. The van der Waals surface area contributed by atoms with Gasteiger partial charge < -0.3 is 10.5 Å². The zero-order valence-electron chi connectivity index (χ0n) is 11.1. The summed E-state index contributed by atoms with van der Waals surface area (Å²) < 4.78 is 5.38. The molecule has 0 spiro atoms. The third-order valence-corrected chi connectivity index (χ3v) is 4.44. The molecule has 4 heteroatoms. The summed E-state index contributed by atoms with van der Waals surface area (Å²) in [6.45, 7) is 6.70. The molecule has 1 saturated heterocycles. The van der Waals surface area contributed by atoms with E-state index in [0.717, 1.165) is 38.8 Å². The van der Waals surface area contributed by atoms with Crippen molar-refractivity contribution in [1.29, 1.82) is 0 Å². The van der Waals surface area contributed by atoms with E-state index in [2.05, 4.69) is 17.4 Å². The van der Waals surface area contributed by atoms with E-state index in [-0.39, 0.29) is 5.54 Å². The molecule has 1 saturated carbocycles. The molecule has 1 aliphatic carbocycles. The van der Waals surface area contributed by atoms with Crippen LogP contribution in [0.2, 0.25) is 0 Å². The van der Waals surface area contributed by atoms with Gasteiger partial charge in [-0.3, -0.25) is 0 Å². The molecule has 0 atom stereocenters. The third-order valence-electron chi connectivity index (χ3n) is 4.44. The highest BCUT2D eigenvalue weighted by Gasteiger charge is 2.35. The molecule has 1 aliphatic heterocycles. The van der Waals surface area contributed by atoms with Crippen molar-refractivity contribution in [2.45, 2.75) is 44.6 Å². The summed E-state index contributed by atoms with van der Waals surface area (Å²) in [4.78, 5) is 0. The average molecular weight is 241 g/mol. The molecular formula is C13H27N3O. The second-order valence-electron chi connectivity index (χ2n) is 5.55.